The average Bonchev–Trinajstić information content (AvgIpc) is 3.41. The molecule has 1 heterocycles. The van der Waals surface area contributed by atoms with Crippen molar-refractivity contribution in [2.75, 3.05) is 11.1 Å². The third-order valence-electron chi connectivity index (χ3n) is 6.60. The number of amidine groups is 1. The van der Waals surface area contributed by atoms with Crippen molar-refractivity contribution >= 4 is 45.2 Å². The van der Waals surface area contributed by atoms with Gasteiger partial charge in [-0.3, -0.25) is 9.59 Å². The number of allylic oxidation sites excluding steroid dienone is 1. The molecule has 1 aliphatic carbocycles. The number of aliphatic imine (C=N–C) groups is 1. The molecule has 2 atom stereocenters. The highest BCUT2D eigenvalue weighted by Crippen LogP contribution is 2.39. The normalized spacial score (nSPS) is 17.4. The molecular weight excluding hydrogens is 526 g/mol. The van der Waals surface area contributed by atoms with E-state index in [2.05, 4.69) is 32.4 Å². The predicted molar refractivity (Wildman–Crippen MR) is 161 cm³/mol. The monoisotopic (exact) mass is 561 g/mol. The number of rotatable bonds is 10. The van der Waals surface area contributed by atoms with E-state index in [0.717, 1.165) is 59.7 Å². The van der Waals surface area contributed by atoms with Gasteiger partial charge in [0.15, 0.2) is 5.17 Å². The standard InChI is InChI=1S/C30H35N5O2S2/c1-3-21(2)31-29(32-26(36)18-22-11-6-4-7-12-22)38-20-24-15-10-16-25(17-24)28-34-35-30(39-28)33-27(37)19-23-13-8-5-9-14-23/h4-9,11-14,24-25H,2-3,10,15-20H2,1H3,(H,31,32,36)(H,33,35,37). The van der Waals surface area contributed by atoms with Crippen LogP contribution in [0.3, 0.4) is 0 Å². The first-order valence-electron chi connectivity index (χ1n) is 13.4. The van der Waals surface area contributed by atoms with E-state index in [1.165, 1.54) is 11.3 Å². The summed E-state index contributed by atoms with van der Waals surface area (Å²) in [6.45, 7) is 6.01. The van der Waals surface area contributed by atoms with Crippen LogP contribution in [0, 0.1) is 5.92 Å². The van der Waals surface area contributed by atoms with Crippen molar-refractivity contribution < 1.29 is 9.59 Å². The molecule has 0 spiro atoms. The Bertz CT molecular complexity index is 1280. The molecule has 0 bridgehead atoms. The molecule has 3 aromatic rings. The molecule has 2 amide bonds. The Morgan fingerprint density at radius 3 is 2.33 bits per heavy atom. The van der Waals surface area contributed by atoms with Gasteiger partial charge in [0.1, 0.15) is 5.01 Å². The number of thioether (sulfide) groups is 1. The molecule has 1 aliphatic rings. The number of nitrogens with zero attached hydrogens (tertiary/aromatic N) is 3. The summed E-state index contributed by atoms with van der Waals surface area (Å²) >= 11 is 3.06. The van der Waals surface area contributed by atoms with Crippen LogP contribution in [0.2, 0.25) is 0 Å². The predicted octanol–water partition coefficient (Wildman–Crippen LogP) is 6.36. The van der Waals surface area contributed by atoms with Crippen LogP contribution in [-0.4, -0.2) is 32.9 Å². The van der Waals surface area contributed by atoms with Gasteiger partial charge in [0.2, 0.25) is 16.9 Å². The van der Waals surface area contributed by atoms with Crippen LogP contribution in [0.25, 0.3) is 0 Å². The van der Waals surface area contributed by atoms with Gasteiger partial charge in [0, 0.05) is 17.4 Å². The molecule has 39 heavy (non-hydrogen) atoms. The van der Waals surface area contributed by atoms with E-state index < -0.39 is 0 Å². The minimum absolute atomic E-state index is 0.0754. The fourth-order valence-corrected chi connectivity index (χ4v) is 6.50. The average molecular weight is 562 g/mol. The Morgan fingerprint density at radius 2 is 1.67 bits per heavy atom. The molecule has 7 nitrogen and oxygen atoms in total. The van der Waals surface area contributed by atoms with Crippen LogP contribution in [0.15, 0.2) is 77.9 Å². The van der Waals surface area contributed by atoms with E-state index in [4.69, 9.17) is 0 Å². The maximum absolute atomic E-state index is 12.7. The summed E-state index contributed by atoms with van der Waals surface area (Å²) in [5.74, 6) is 1.49. The first-order valence-corrected chi connectivity index (χ1v) is 15.2. The third kappa shape index (κ3) is 9.44. The van der Waals surface area contributed by atoms with E-state index in [-0.39, 0.29) is 11.8 Å². The fourth-order valence-electron chi connectivity index (χ4n) is 4.52. The quantitative estimate of drug-likeness (QED) is 0.222. The van der Waals surface area contributed by atoms with Crippen LogP contribution in [0.4, 0.5) is 5.13 Å². The summed E-state index contributed by atoms with van der Waals surface area (Å²) in [5, 5.41) is 16.7. The van der Waals surface area contributed by atoms with E-state index in [0.29, 0.717) is 35.0 Å². The Balaban J connectivity index is 1.30. The Labute approximate surface area is 238 Å². The molecule has 0 saturated heterocycles. The van der Waals surface area contributed by atoms with Crippen molar-refractivity contribution in [1.82, 2.24) is 15.5 Å². The number of carbonyl (C=O) groups is 2. The molecule has 2 aromatic carbocycles. The van der Waals surface area contributed by atoms with Gasteiger partial charge in [-0.25, -0.2) is 4.99 Å². The molecular formula is C30H35N5O2S2. The number of amides is 2. The summed E-state index contributed by atoms with van der Waals surface area (Å²) in [6.07, 6.45) is 5.66. The van der Waals surface area contributed by atoms with Gasteiger partial charge in [0.05, 0.1) is 12.8 Å². The largest absolute Gasteiger partial charge is 0.305 e. The second-order valence-electron chi connectivity index (χ2n) is 9.74. The van der Waals surface area contributed by atoms with Gasteiger partial charge >= 0.3 is 0 Å². The molecule has 0 aliphatic heterocycles. The topological polar surface area (TPSA) is 96.3 Å². The van der Waals surface area contributed by atoms with Crippen molar-refractivity contribution in [3.05, 3.63) is 89.1 Å². The highest BCUT2D eigenvalue weighted by molar-refractivity contribution is 8.13. The number of anilines is 1. The van der Waals surface area contributed by atoms with Crippen LogP contribution >= 0.6 is 23.1 Å². The number of carbonyl (C=O) groups excluding carboxylic acids is 2. The van der Waals surface area contributed by atoms with Gasteiger partial charge in [-0.15, -0.1) is 10.2 Å². The van der Waals surface area contributed by atoms with Gasteiger partial charge in [0.25, 0.3) is 0 Å². The molecule has 1 saturated carbocycles. The molecule has 4 rings (SSSR count). The number of hydrogen-bond acceptors (Lipinski definition) is 7. The highest BCUT2D eigenvalue weighted by atomic mass is 32.2. The zero-order valence-corrected chi connectivity index (χ0v) is 23.9. The first-order chi connectivity index (χ1) is 19.0. The minimum Gasteiger partial charge on any atom is -0.305 e. The Morgan fingerprint density at radius 1 is 1.00 bits per heavy atom. The lowest BCUT2D eigenvalue weighted by atomic mass is 9.83. The SMILES string of the molecule is C=C(CC)N=C(NC(=O)Cc1ccccc1)SCC1CCCC(c2nnc(NC(=O)Cc3ccccc3)s2)C1. The lowest BCUT2D eigenvalue weighted by Crippen LogP contribution is -2.31. The maximum atomic E-state index is 12.7. The highest BCUT2D eigenvalue weighted by Gasteiger charge is 2.27. The minimum atomic E-state index is -0.0865. The van der Waals surface area contributed by atoms with Gasteiger partial charge in [-0.2, -0.15) is 0 Å². The van der Waals surface area contributed by atoms with E-state index in [1.54, 1.807) is 11.8 Å². The van der Waals surface area contributed by atoms with Gasteiger partial charge < -0.3 is 10.6 Å². The Kier molecular flexibility index (Phi) is 10.9. The van der Waals surface area contributed by atoms with E-state index in [9.17, 15) is 9.59 Å². The van der Waals surface area contributed by atoms with Gasteiger partial charge in [-0.05, 0) is 42.7 Å². The summed E-state index contributed by atoms with van der Waals surface area (Å²) < 4.78 is 0. The van der Waals surface area contributed by atoms with E-state index in [1.807, 2.05) is 67.6 Å². The number of benzene rings is 2. The molecule has 2 N–H and O–H groups in total. The number of hydrogen-bond donors (Lipinski definition) is 2. The van der Waals surface area contributed by atoms with E-state index >= 15 is 0 Å². The van der Waals surface area contributed by atoms with Crippen molar-refractivity contribution in [3.63, 3.8) is 0 Å². The zero-order valence-electron chi connectivity index (χ0n) is 22.3. The second kappa shape index (κ2) is 14.7. The summed E-state index contributed by atoms with van der Waals surface area (Å²) in [6, 6.07) is 19.4. The van der Waals surface area contributed by atoms with Crippen molar-refractivity contribution in [2.45, 2.75) is 57.8 Å². The van der Waals surface area contributed by atoms with Gasteiger partial charge in [-0.1, -0.05) is 104 Å². The second-order valence-corrected chi connectivity index (χ2v) is 11.8. The molecule has 1 fully saturated rings. The molecule has 9 heteroatoms. The zero-order chi connectivity index (χ0) is 27.5. The van der Waals surface area contributed by atoms with Crippen molar-refractivity contribution in [1.29, 1.82) is 0 Å². The Hall–Kier alpha value is -3.30. The first kappa shape index (κ1) is 28.7. The molecule has 0 radical (unpaired) electrons. The van der Waals surface area contributed by atoms with Crippen LogP contribution in [0.1, 0.15) is 61.1 Å². The molecule has 204 valence electrons. The number of aromatic nitrogens is 2. The number of nitrogens with one attached hydrogen (secondary N) is 2. The lowest BCUT2D eigenvalue weighted by molar-refractivity contribution is -0.119. The fraction of sp³-hybridized carbons (Fsp3) is 0.367. The molecule has 2 unspecified atom stereocenters. The third-order valence-corrected chi connectivity index (χ3v) is 8.71. The van der Waals surface area contributed by atoms with Crippen molar-refractivity contribution in [3.8, 4) is 0 Å². The van der Waals surface area contributed by atoms with Crippen LogP contribution in [0.5, 0.6) is 0 Å². The summed E-state index contributed by atoms with van der Waals surface area (Å²) in [7, 11) is 0. The summed E-state index contributed by atoms with van der Waals surface area (Å²) in [5.41, 5.74) is 2.68. The summed E-state index contributed by atoms with van der Waals surface area (Å²) in [4.78, 5) is 29.7. The van der Waals surface area contributed by atoms with Crippen LogP contribution < -0.4 is 10.6 Å². The molecule has 1 aromatic heterocycles. The maximum Gasteiger partial charge on any atom is 0.230 e. The lowest BCUT2D eigenvalue weighted by Gasteiger charge is -2.27. The van der Waals surface area contributed by atoms with Crippen LogP contribution in [-0.2, 0) is 22.4 Å². The van der Waals surface area contributed by atoms with Crippen molar-refractivity contribution in [2.24, 2.45) is 10.9 Å². The smallest absolute Gasteiger partial charge is 0.230 e.